The summed E-state index contributed by atoms with van der Waals surface area (Å²) in [4.78, 5) is 22.9. The second kappa shape index (κ2) is 6.91. The van der Waals surface area contributed by atoms with Crippen molar-refractivity contribution in [2.24, 2.45) is 17.3 Å². The fourth-order valence-corrected chi connectivity index (χ4v) is 6.59. The lowest BCUT2D eigenvalue weighted by Crippen LogP contribution is -2.45. The Labute approximate surface area is 169 Å². The van der Waals surface area contributed by atoms with E-state index >= 15 is 0 Å². The zero-order chi connectivity index (χ0) is 19.3. The van der Waals surface area contributed by atoms with E-state index in [0.29, 0.717) is 23.5 Å². The summed E-state index contributed by atoms with van der Waals surface area (Å²) < 4.78 is 11.9. The topological polar surface area (TPSA) is 52.6 Å². The van der Waals surface area contributed by atoms with Crippen molar-refractivity contribution in [1.82, 2.24) is 0 Å². The maximum Gasteiger partial charge on any atom is 0.308 e. The van der Waals surface area contributed by atoms with E-state index in [1.807, 2.05) is 6.07 Å². The standard InChI is InChI=1S/C22H27BrO4/c1-12(24)26-20-10-14-4-5-16-15(17(14)11-19(20)23)8-9-22(3)18(16)6-7-21(22)27-13(2)25/h10-11,15-16,18,21H,4-9H2,1-3H3/t15-,16+,18-,21-,22+/m1/s1. The fraction of sp³-hybridized carbons (Fsp3) is 0.636. The van der Waals surface area contributed by atoms with Gasteiger partial charge in [0.25, 0.3) is 0 Å². The van der Waals surface area contributed by atoms with E-state index in [9.17, 15) is 9.59 Å². The quantitative estimate of drug-likeness (QED) is 0.476. The lowest BCUT2D eigenvalue weighted by molar-refractivity contribution is -0.154. The average Bonchev–Trinajstić information content (AvgIpc) is 2.91. The zero-order valence-corrected chi connectivity index (χ0v) is 17.8. The highest BCUT2D eigenvalue weighted by Gasteiger charge is 2.56. The van der Waals surface area contributed by atoms with Gasteiger partial charge in [-0.25, -0.2) is 0 Å². The molecule has 1 aromatic rings. The Balaban J connectivity index is 1.62. The largest absolute Gasteiger partial charge is 0.462 e. The van der Waals surface area contributed by atoms with E-state index in [0.717, 1.165) is 43.0 Å². The Kier molecular flexibility index (Phi) is 4.86. The third-order valence-corrected chi connectivity index (χ3v) is 7.87. The van der Waals surface area contributed by atoms with Crippen LogP contribution in [0.2, 0.25) is 0 Å². The Morgan fingerprint density at radius 1 is 1.11 bits per heavy atom. The van der Waals surface area contributed by atoms with Crippen molar-refractivity contribution in [3.05, 3.63) is 27.7 Å². The molecule has 0 heterocycles. The van der Waals surface area contributed by atoms with Gasteiger partial charge in [-0.1, -0.05) is 6.92 Å². The number of aryl methyl sites for hydroxylation is 1. The highest BCUT2D eigenvalue weighted by atomic mass is 79.9. The second-order valence-electron chi connectivity index (χ2n) is 8.71. The number of hydrogen-bond acceptors (Lipinski definition) is 4. The van der Waals surface area contributed by atoms with Crippen molar-refractivity contribution in [2.75, 3.05) is 0 Å². The summed E-state index contributed by atoms with van der Waals surface area (Å²) in [5.74, 6) is 1.98. The molecule has 0 spiro atoms. The molecule has 0 bridgehead atoms. The Bertz CT molecular complexity index is 789. The first-order valence-electron chi connectivity index (χ1n) is 9.97. The van der Waals surface area contributed by atoms with Crippen molar-refractivity contribution < 1.29 is 19.1 Å². The van der Waals surface area contributed by atoms with Gasteiger partial charge in [0, 0.05) is 19.3 Å². The van der Waals surface area contributed by atoms with Gasteiger partial charge in [0.15, 0.2) is 0 Å². The van der Waals surface area contributed by atoms with Crippen molar-refractivity contribution in [1.29, 1.82) is 0 Å². The zero-order valence-electron chi connectivity index (χ0n) is 16.2. The summed E-state index contributed by atoms with van der Waals surface area (Å²) in [6.07, 6.45) is 6.61. The minimum atomic E-state index is -0.291. The summed E-state index contributed by atoms with van der Waals surface area (Å²) in [5.41, 5.74) is 2.83. The number of benzene rings is 1. The first-order valence-corrected chi connectivity index (χ1v) is 10.8. The number of ether oxygens (including phenoxy) is 2. The molecule has 4 nitrogen and oxygen atoms in total. The van der Waals surface area contributed by atoms with Crippen LogP contribution in [0.4, 0.5) is 0 Å². The van der Waals surface area contributed by atoms with E-state index in [1.54, 1.807) is 0 Å². The second-order valence-corrected chi connectivity index (χ2v) is 9.56. The first kappa shape index (κ1) is 19.0. The molecule has 1 aromatic carbocycles. The summed E-state index contributed by atoms with van der Waals surface area (Å²) in [6, 6.07) is 4.22. The third kappa shape index (κ3) is 3.22. The number of hydrogen-bond donors (Lipinski definition) is 0. The molecule has 3 aliphatic rings. The van der Waals surface area contributed by atoms with E-state index in [-0.39, 0.29) is 23.5 Å². The Hall–Kier alpha value is -1.36. The highest BCUT2D eigenvalue weighted by Crippen LogP contribution is 2.61. The molecule has 0 aromatic heterocycles. The minimum Gasteiger partial charge on any atom is -0.462 e. The molecule has 5 heteroatoms. The lowest BCUT2D eigenvalue weighted by atomic mass is 9.55. The van der Waals surface area contributed by atoms with Gasteiger partial charge in [0.1, 0.15) is 11.9 Å². The minimum absolute atomic E-state index is 0.0698. The van der Waals surface area contributed by atoms with Crippen LogP contribution in [0.5, 0.6) is 5.75 Å². The van der Waals surface area contributed by atoms with Gasteiger partial charge in [-0.15, -0.1) is 0 Å². The van der Waals surface area contributed by atoms with E-state index in [2.05, 4.69) is 28.9 Å². The molecule has 0 saturated heterocycles. The molecule has 0 radical (unpaired) electrons. The summed E-state index contributed by atoms with van der Waals surface area (Å²) >= 11 is 3.59. The lowest BCUT2D eigenvalue weighted by Gasteiger charge is -2.50. The van der Waals surface area contributed by atoms with Crippen LogP contribution in [0.1, 0.15) is 69.9 Å². The molecule has 27 heavy (non-hydrogen) atoms. The molecule has 0 amide bonds. The molecular formula is C22H27BrO4. The van der Waals surface area contributed by atoms with Crippen molar-refractivity contribution >= 4 is 27.9 Å². The summed E-state index contributed by atoms with van der Waals surface area (Å²) in [5, 5.41) is 0. The van der Waals surface area contributed by atoms with Crippen molar-refractivity contribution in [3.63, 3.8) is 0 Å². The van der Waals surface area contributed by atoms with Gasteiger partial charge in [-0.05, 0) is 95.5 Å². The number of fused-ring (bicyclic) bond motifs is 5. The molecule has 146 valence electrons. The number of carbonyl (C=O) groups is 2. The molecule has 3 aliphatic carbocycles. The van der Waals surface area contributed by atoms with E-state index < -0.39 is 0 Å². The van der Waals surface area contributed by atoms with Crippen molar-refractivity contribution in [3.8, 4) is 5.75 Å². The van der Waals surface area contributed by atoms with E-state index in [1.165, 1.54) is 25.0 Å². The van der Waals surface area contributed by atoms with Crippen LogP contribution in [0.15, 0.2) is 16.6 Å². The molecule has 0 unspecified atom stereocenters. The van der Waals surface area contributed by atoms with Crippen molar-refractivity contribution in [2.45, 2.75) is 71.3 Å². The highest BCUT2D eigenvalue weighted by molar-refractivity contribution is 9.10. The van der Waals surface area contributed by atoms with Gasteiger partial charge in [0.05, 0.1) is 4.47 Å². The monoisotopic (exact) mass is 434 g/mol. The fourth-order valence-electron chi connectivity index (χ4n) is 6.15. The van der Waals surface area contributed by atoms with Gasteiger partial charge in [-0.2, -0.15) is 0 Å². The Morgan fingerprint density at radius 3 is 2.59 bits per heavy atom. The average molecular weight is 435 g/mol. The number of esters is 2. The van der Waals surface area contributed by atoms with Gasteiger partial charge < -0.3 is 9.47 Å². The molecule has 4 rings (SSSR count). The predicted octanol–water partition coefficient (Wildman–Crippen LogP) is 5.16. The molecule has 5 atom stereocenters. The maximum absolute atomic E-state index is 11.5. The van der Waals surface area contributed by atoms with Crippen LogP contribution in [0.25, 0.3) is 0 Å². The van der Waals surface area contributed by atoms with Gasteiger partial charge >= 0.3 is 11.9 Å². The normalized spacial score (nSPS) is 34.2. The van der Waals surface area contributed by atoms with Gasteiger partial charge in [-0.3, -0.25) is 9.59 Å². The third-order valence-electron chi connectivity index (χ3n) is 7.25. The van der Waals surface area contributed by atoms with Gasteiger partial charge in [0.2, 0.25) is 0 Å². The SMILES string of the molecule is CC(=O)Oc1cc2c(cc1Br)[C@@H]1CC[C@@]3(C)[C@H](CC[C@H]3OC(C)=O)[C@H]1CC2. The maximum atomic E-state index is 11.5. The van der Waals surface area contributed by atoms with Crippen LogP contribution in [0.3, 0.4) is 0 Å². The van der Waals surface area contributed by atoms with Crippen LogP contribution >= 0.6 is 15.9 Å². The number of carbonyl (C=O) groups excluding carboxylic acids is 2. The van der Waals surface area contributed by atoms with Crippen LogP contribution in [-0.2, 0) is 20.7 Å². The summed E-state index contributed by atoms with van der Waals surface area (Å²) in [6.45, 7) is 5.30. The molecule has 2 saturated carbocycles. The van der Waals surface area contributed by atoms with Crippen LogP contribution in [-0.4, -0.2) is 18.0 Å². The van der Waals surface area contributed by atoms with Crippen LogP contribution in [0, 0.1) is 17.3 Å². The van der Waals surface area contributed by atoms with Crippen LogP contribution < -0.4 is 4.74 Å². The first-order chi connectivity index (χ1) is 12.8. The molecular weight excluding hydrogens is 408 g/mol. The number of halogens is 1. The Morgan fingerprint density at radius 2 is 1.89 bits per heavy atom. The molecule has 2 fully saturated rings. The predicted molar refractivity (Wildman–Crippen MR) is 106 cm³/mol. The smallest absolute Gasteiger partial charge is 0.308 e. The van der Waals surface area contributed by atoms with E-state index in [4.69, 9.17) is 9.47 Å². The molecule has 0 aliphatic heterocycles. The number of rotatable bonds is 2. The molecule has 0 N–H and O–H groups in total. The summed E-state index contributed by atoms with van der Waals surface area (Å²) in [7, 11) is 0.